The van der Waals surface area contributed by atoms with Gasteiger partial charge in [-0.25, -0.2) is 9.67 Å². The number of hydrogen-bond acceptors (Lipinski definition) is 6. The number of aromatic nitrogens is 4. The van der Waals surface area contributed by atoms with E-state index in [0.717, 1.165) is 28.6 Å². The molecule has 0 saturated carbocycles. The van der Waals surface area contributed by atoms with Crippen molar-refractivity contribution in [1.82, 2.24) is 25.3 Å². The van der Waals surface area contributed by atoms with Crippen molar-refractivity contribution < 1.29 is 27.9 Å². The van der Waals surface area contributed by atoms with Crippen LogP contribution in [0.25, 0.3) is 5.82 Å². The van der Waals surface area contributed by atoms with Crippen LogP contribution in [0, 0.1) is 0 Å². The topological polar surface area (TPSA) is 110 Å². The molecule has 0 saturated heterocycles. The van der Waals surface area contributed by atoms with E-state index in [-0.39, 0.29) is 23.8 Å². The SMILES string of the molecule is O=C(O)CSCCNC(=O)c1cn(-c2ccc(C(F)(F)F)cn2)nn1. The largest absolute Gasteiger partial charge is 0.481 e. The summed E-state index contributed by atoms with van der Waals surface area (Å²) in [4.78, 5) is 25.8. The highest BCUT2D eigenvalue weighted by Crippen LogP contribution is 2.28. The van der Waals surface area contributed by atoms with E-state index >= 15 is 0 Å². The average molecular weight is 375 g/mol. The van der Waals surface area contributed by atoms with Crippen molar-refractivity contribution in [2.75, 3.05) is 18.1 Å². The Hall–Kier alpha value is -2.63. The number of rotatable bonds is 7. The van der Waals surface area contributed by atoms with Crippen LogP contribution in [0.1, 0.15) is 16.1 Å². The number of nitrogens with zero attached hydrogens (tertiary/aromatic N) is 4. The van der Waals surface area contributed by atoms with Crippen molar-refractivity contribution >= 4 is 23.6 Å². The Labute approximate surface area is 143 Å². The van der Waals surface area contributed by atoms with E-state index in [0.29, 0.717) is 11.9 Å². The first kappa shape index (κ1) is 18.7. The summed E-state index contributed by atoms with van der Waals surface area (Å²) in [6.07, 6.45) is -2.59. The van der Waals surface area contributed by atoms with Crippen molar-refractivity contribution in [3.05, 3.63) is 35.8 Å². The first-order valence-corrected chi connectivity index (χ1v) is 7.96. The molecule has 1 amide bonds. The molecule has 0 aliphatic carbocycles. The molecule has 0 bridgehead atoms. The second-order valence-corrected chi connectivity index (χ2v) is 5.76. The predicted octanol–water partition coefficient (Wildman–Crippen LogP) is 1.23. The summed E-state index contributed by atoms with van der Waals surface area (Å²) < 4.78 is 38.5. The van der Waals surface area contributed by atoms with Crippen LogP contribution in [-0.4, -0.2) is 55.0 Å². The minimum atomic E-state index is -4.49. The molecule has 2 N–H and O–H groups in total. The van der Waals surface area contributed by atoms with Gasteiger partial charge in [0.15, 0.2) is 11.5 Å². The Morgan fingerprint density at radius 3 is 2.68 bits per heavy atom. The van der Waals surface area contributed by atoms with E-state index in [1.165, 1.54) is 6.20 Å². The van der Waals surface area contributed by atoms with Gasteiger partial charge in [0.25, 0.3) is 5.91 Å². The Bertz CT molecular complexity index is 748. The van der Waals surface area contributed by atoms with Gasteiger partial charge >= 0.3 is 12.1 Å². The van der Waals surface area contributed by atoms with Gasteiger partial charge in [-0.1, -0.05) is 5.21 Å². The number of aliphatic carboxylic acids is 1. The Balaban J connectivity index is 1.93. The van der Waals surface area contributed by atoms with E-state index in [1.807, 2.05) is 0 Å². The zero-order valence-electron chi connectivity index (χ0n) is 12.5. The molecule has 0 radical (unpaired) electrons. The lowest BCUT2D eigenvalue weighted by atomic mass is 10.3. The minimum Gasteiger partial charge on any atom is -0.481 e. The number of nitrogens with one attached hydrogen (secondary N) is 1. The van der Waals surface area contributed by atoms with Gasteiger partial charge in [0.1, 0.15) is 0 Å². The molecule has 0 fully saturated rings. The molecule has 0 aliphatic heterocycles. The van der Waals surface area contributed by atoms with Crippen molar-refractivity contribution in [1.29, 1.82) is 0 Å². The highest BCUT2D eigenvalue weighted by atomic mass is 32.2. The number of carboxylic acid groups (broad SMARTS) is 1. The van der Waals surface area contributed by atoms with E-state index in [2.05, 4.69) is 20.6 Å². The van der Waals surface area contributed by atoms with Gasteiger partial charge in [0.2, 0.25) is 0 Å². The third-order valence-corrected chi connectivity index (χ3v) is 3.74. The maximum Gasteiger partial charge on any atom is 0.417 e. The molecule has 8 nitrogen and oxygen atoms in total. The molecule has 0 aliphatic rings. The Morgan fingerprint density at radius 2 is 2.08 bits per heavy atom. The van der Waals surface area contributed by atoms with Crippen molar-refractivity contribution in [2.45, 2.75) is 6.18 Å². The Kier molecular flexibility index (Phi) is 5.96. The smallest absolute Gasteiger partial charge is 0.417 e. The summed E-state index contributed by atoms with van der Waals surface area (Å²) in [5, 5.41) is 18.3. The van der Waals surface area contributed by atoms with Crippen molar-refractivity contribution in [3.63, 3.8) is 0 Å². The van der Waals surface area contributed by atoms with Gasteiger partial charge in [0, 0.05) is 18.5 Å². The molecule has 0 spiro atoms. The third kappa shape index (κ3) is 5.45. The highest BCUT2D eigenvalue weighted by molar-refractivity contribution is 7.99. The summed E-state index contributed by atoms with van der Waals surface area (Å²) in [6.45, 7) is 0.238. The molecular weight excluding hydrogens is 363 g/mol. The number of alkyl halides is 3. The fourth-order valence-electron chi connectivity index (χ4n) is 1.66. The van der Waals surface area contributed by atoms with Crippen LogP contribution in [-0.2, 0) is 11.0 Å². The first-order valence-electron chi connectivity index (χ1n) is 6.81. The van der Waals surface area contributed by atoms with Crippen molar-refractivity contribution in [3.8, 4) is 5.82 Å². The number of amides is 1. The summed E-state index contributed by atoms with van der Waals surface area (Å²) in [6, 6.07) is 1.96. The normalized spacial score (nSPS) is 11.3. The third-order valence-electron chi connectivity index (χ3n) is 2.79. The van der Waals surface area contributed by atoms with E-state index < -0.39 is 23.6 Å². The zero-order chi connectivity index (χ0) is 18.4. The van der Waals surface area contributed by atoms with Crippen LogP contribution in [0.3, 0.4) is 0 Å². The lowest BCUT2D eigenvalue weighted by molar-refractivity contribution is -0.138. The fraction of sp³-hybridized carbons (Fsp3) is 0.308. The van der Waals surface area contributed by atoms with Gasteiger partial charge in [-0.15, -0.1) is 16.9 Å². The van der Waals surface area contributed by atoms with Gasteiger partial charge in [-0.3, -0.25) is 9.59 Å². The molecule has 2 aromatic heterocycles. The predicted molar refractivity (Wildman–Crippen MR) is 81.5 cm³/mol. The molecule has 12 heteroatoms. The van der Waals surface area contributed by atoms with Crippen LogP contribution in [0.15, 0.2) is 24.5 Å². The number of carbonyl (C=O) groups is 2. The number of halogens is 3. The molecule has 0 unspecified atom stereocenters. The van der Waals surface area contributed by atoms with Crippen LogP contribution in [0.2, 0.25) is 0 Å². The molecule has 2 rings (SSSR count). The van der Waals surface area contributed by atoms with Crippen LogP contribution in [0.4, 0.5) is 13.2 Å². The second kappa shape index (κ2) is 7.96. The standard InChI is InChI=1S/C13H12F3N5O3S/c14-13(15,16)8-1-2-10(18-5-8)21-6-9(19-20-21)12(24)17-3-4-25-7-11(22)23/h1-2,5-6H,3-4,7H2,(H,17,24)(H,22,23). The second-order valence-electron chi connectivity index (χ2n) is 4.65. The molecule has 0 aromatic carbocycles. The zero-order valence-corrected chi connectivity index (χ0v) is 13.3. The summed E-state index contributed by atoms with van der Waals surface area (Å²) in [7, 11) is 0. The van der Waals surface area contributed by atoms with Crippen molar-refractivity contribution in [2.24, 2.45) is 0 Å². The molecule has 2 heterocycles. The summed E-state index contributed by atoms with van der Waals surface area (Å²) in [5.41, 5.74) is -0.932. The number of carbonyl (C=O) groups excluding carboxylic acids is 1. The molecule has 2 aromatic rings. The molecule has 134 valence electrons. The van der Waals surface area contributed by atoms with Crippen LogP contribution >= 0.6 is 11.8 Å². The van der Waals surface area contributed by atoms with E-state index in [9.17, 15) is 22.8 Å². The summed E-state index contributed by atoms with van der Waals surface area (Å²) in [5.74, 6) is -1.05. The number of carboxylic acids is 1. The first-order chi connectivity index (χ1) is 11.8. The minimum absolute atomic E-state index is 0.0371. The lowest BCUT2D eigenvalue weighted by Crippen LogP contribution is -2.26. The maximum absolute atomic E-state index is 12.5. The highest BCUT2D eigenvalue weighted by Gasteiger charge is 2.30. The molecule has 25 heavy (non-hydrogen) atoms. The lowest BCUT2D eigenvalue weighted by Gasteiger charge is -2.06. The fourth-order valence-corrected chi connectivity index (χ4v) is 2.22. The van der Waals surface area contributed by atoms with Gasteiger partial charge < -0.3 is 10.4 Å². The number of hydrogen-bond donors (Lipinski definition) is 2. The van der Waals surface area contributed by atoms with Gasteiger partial charge in [-0.2, -0.15) is 13.2 Å². The summed E-state index contributed by atoms with van der Waals surface area (Å²) >= 11 is 1.15. The van der Waals surface area contributed by atoms with Gasteiger partial charge in [0.05, 0.1) is 17.5 Å². The monoisotopic (exact) mass is 375 g/mol. The molecular formula is C13H12F3N5O3S. The number of pyridine rings is 1. The average Bonchev–Trinajstić information content (AvgIpc) is 3.03. The van der Waals surface area contributed by atoms with Gasteiger partial charge in [-0.05, 0) is 12.1 Å². The van der Waals surface area contributed by atoms with E-state index in [4.69, 9.17) is 5.11 Å². The van der Waals surface area contributed by atoms with Crippen LogP contribution in [0.5, 0.6) is 0 Å². The number of thioether (sulfide) groups is 1. The van der Waals surface area contributed by atoms with Crippen LogP contribution < -0.4 is 5.32 Å². The quantitative estimate of drug-likeness (QED) is 0.701. The Morgan fingerprint density at radius 1 is 1.32 bits per heavy atom. The van der Waals surface area contributed by atoms with E-state index in [1.54, 1.807) is 0 Å². The maximum atomic E-state index is 12.5. The molecule has 0 atom stereocenters.